The number of aromatic nitrogens is 3. The van der Waals surface area contributed by atoms with Crippen molar-refractivity contribution in [2.24, 2.45) is 0 Å². The molecule has 1 saturated carbocycles. The van der Waals surface area contributed by atoms with Gasteiger partial charge < -0.3 is 10.1 Å². The molecule has 0 spiro atoms. The summed E-state index contributed by atoms with van der Waals surface area (Å²) in [5.74, 6) is -0.0449. The second-order valence-corrected chi connectivity index (χ2v) is 9.29. The highest BCUT2D eigenvalue weighted by Gasteiger charge is 2.26. The van der Waals surface area contributed by atoms with Crippen molar-refractivity contribution in [3.63, 3.8) is 0 Å². The summed E-state index contributed by atoms with van der Waals surface area (Å²) in [5.41, 5.74) is 2.79. The maximum absolute atomic E-state index is 13.2. The highest BCUT2D eigenvalue weighted by atomic mass is 32.2. The number of pyridine rings is 1. The van der Waals surface area contributed by atoms with Gasteiger partial charge in [-0.05, 0) is 36.6 Å². The number of sulfonamides is 1. The number of nitrogens with zero attached hydrogens (tertiary/aromatic N) is 3. The van der Waals surface area contributed by atoms with Crippen LogP contribution < -0.4 is 14.8 Å². The van der Waals surface area contributed by atoms with E-state index in [0.717, 1.165) is 24.0 Å². The average Bonchev–Trinajstić information content (AvgIpc) is 3.50. The Morgan fingerprint density at radius 1 is 1.19 bits per heavy atom. The van der Waals surface area contributed by atoms with Crippen molar-refractivity contribution in [1.82, 2.24) is 20.1 Å². The third kappa shape index (κ3) is 3.74. The first kappa shape index (κ1) is 19.6. The molecule has 2 aromatic heterocycles. The van der Waals surface area contributed by atoms with Gasteiger partial charge in [0, 0.05) is 24.7 Å². The first-order valence-electron chi connectivity index (χ1n) is 9.97. The summed E-state index contributed by atoms with van der Waals surface area (Å²) in [4.78, 5) is 16.3. The second-order valence-electron chi connectivity index (χ2n) is 7.64. The number of rotatable bonds is 6. The standard InChI is InChI=1S/C21H21N5O4S/c1-30-19-5-2-13(14-10-24-26(12-14)16-3-4-16)8-20(19)31(28,29)25-15-9-17-18(23-11-15)6-7-22-21(17)27/h2,5,8-12,16,25H,3-4,6-7H2,1H3,(H,22,27). The van der Waals surface area contributed by atoms with Gasteiger partial charge in [-0.3, -0.25) is 19.2 Å². The summed E-state index contributed by atoms with van der Waals surface area (Å²) >= 11 is 0. The Morgan fingerprint density at radius 2 is 2.03 bits per heavy atom. The monoisotopic (exact) mass is 439 g/mol. The van der Waals surface area contributed by atoms with Crippen molar-refractivity contribution >= 4 is 21.6 Å². The molecule has 31 heavy (non-hydrogen) atoms. The molecule has 0 bridgehead atoms. The summed E-state index contributed by atoms with van der Waals surface area (Å²) in [5, 5.41) is 7.11. The van der Waals surface area contributed by atoms with E-state index in [1.54, 1.807) is 24.4 Å². The molecular formula is C21H21N5O4S. The number of hydrogen-bond acceptors (Lipinski definition) is 6. The van der Waals surface area contributed by atoms with Gasteiger partial charge in [0.15, 0.2) is 0 Å². The van der Waals surface area contributed by atoms with Gasteiger partial charge in [-0.15, -0.1) is 0 Å². The average molecular weight is 439 g/mol. The van der Waals surface area contributed by atoms with E-state index in [-0.39, 0.29) is 22.2 Å². The Hall–Kier alpha value is -3.40. The molecule has 1 aromatic carbocycles. The predicted octanol–water partition coefficient (Wildman–Crippen LogP) is 2.38. The molecule has 3 aromatic rings. The lowest BCUT2D eigenvalue weighted by Gasteiger charge is -2.17. The molecular weight excluding hydrogens is 418 g/mol. The number of hydrogen-bond donors (Lipinski definition) is 2. The van der Waals surface area contributed by atoms with Crippen LogP contribution in [-0.2, 0) is 16.4 Å². The SMILES string of the molecule is COc1ccc(-c2cnn(C3CC3)c2)cc1S(=O)(=O)Nc1cnc2c(c1)C(=O)NCC2. The largest absolute Gasteiger partial charge is 0.495 e. The van der Waals surface area contributed by atoms with E-state index < -0.39 is 10.0 Å². The summed E-state index contributed by atoms with van der Waals surface area (Å²) < 4.78 is 36.1. The van der Waals surface area contributed by atoms with E-state index in [1.165, 1.54) is 19.4 Å². The third-order valence-corrected chi connectivity index (χ3v) is 6.83. The van der Waals surface area contributed by atoms with Gasteiger partial charge in [0.1, 0.15) is 10.6 Å². The molecule has 9 nitrogen and oxygen atoms in total. The van der Waals surface area contributed by atoms with E-state index in [2.05, 4.69) is 20.1 Å². The molecule has 1 aliphatic heterocycles. The number of ether oxygens (including phenoxy) is 1. The lowest BCUT2D eigenvalue weighted by Crippen LogP contribution is -2.32. The Morgan fingerprint density at radius 3 is 2.81 bits per heavy atom. The molecule has 10 heteroatoms. The molecule has 3 heterocycles. The van der Waals surface area contributed by atoms with Crippen molar-refractivity contribution in [2.45, 2.75) is 30.2 Å². The first-order valence-corrected chi connectivity index (χ1v) is 11.5. The van der Waals surface area contributed by atoms with Crippen LogP contribution in [0, 0.1) is 0 Å². The van der Waals surface area contributed by atoms with Crippen LogP contribution in [0.15, 0.2) is 47.8 Å². The minimum atomic E-state index is -4.00. The van der Waals surface area contributed by atoms with E-state index in [0.29, 0.717) is 30.3 Å². The molecule has 5 rings (SSSR count). The quantitative estimate of drug-likeness (QED) is 0.609. The molecule has 2 aliphatic rings. The van der Waals surface area contributed by atoms with E-state index in [1.807, 2.05) is 10.9 Å². The van der Waals surface area contributed by atoms with Crippen LogP contribution in [0.4, 0.5) is 5.69 Å². The van der Waals surface area contributed by atoms with Gasteiger partial charge in [0.25, 0.3) is 15.9 Å². The van der Waals surface area contributed by atoms with Crippen LogP contribution in [0.1, 0.15) is 34.9 Å². The number of anilines is 1. The van der Waals surface area contributed by atoms with Crippen LogP contribution >= 0.6 is 0 Å². The predicted molar refractivity (Wildman–Crippen MR) is 114 cm³/mol. The second kappa shape index (κ2) is 7.38. The number of carbonyl (C=O) groups excluding carboxylic acids is 1. The van der Waals surface area contributed by atoms with Gasteiger partial charge in [0.2, 0.25) is 0 Å². The molecule has 1 amide bonds. The zero-order valence-electron chi connectivity index (χ0n) is 16.8. The van der Waals surface area contributed by atoms with Crippen LogP contribution in [0.3, 0.4) is 0 Å². The molecule has 0 saturated heterocycles. The van der Waals surface area contributed by atoms with Crippen molar-refractivity contribution in [3.8, 4) is 16.9 Å². The molecule has 1 fully saturated rings. The van der Waals surface area contributed by atoms with Crippen LogP contribution in [0.25, 0.3) is 11.1 Å². The molecule has 0 unspecified atom stereocenters. The van der Waals surface area contributed by atoms with Crippen LogP contribution in [0.5, 0.6) is 5.75 Å². The highest BCUT2D eigenvalue weighted by molar-refractivity contribution is 7.92. The number of nitrogens with one attached hydrogen (secondary N) is 2. The van der Waals surface area contributed by atoms with Gasteiger partial charge in [0.05, 0.1) is 42.5 Å². The topological polar surface area (TPSA) is 115 Å². The van der Waals surface area contributed by atoms with E-state index in [4.69, 9.17) is 4.74 Å². The maximum Gasteiger partial charge on any atom is 0.265 e. The fourth-order valence-electron chi connectivity index (χ4n) is 3.64. The van der Waals surface area contributed by atoms with Gasteiger partial charge in [-0.1, -0.05) is 6.07 Å². The maximum atomic E-state index is 13.2. The molecule has 160 valence electrons. The highest BCUT2D eigenvalue weighted by Crippen LogP contribution is 2.36. The van der Waals surface area contributed by atoms with E-state index in [9.17, 15) is 13.2 Å². The molecule has 2 N–H and O–H groups in total. The fourth-order valence-corrected chi connectivity index (χ4v) is 4.87. The van der Waals surface area contributed by atoms with Crippen molar-refractivity contribution in [2.75, 3.05) is 18.4 Å². The number of amides is 1. The summed E-state index contributed by atoms with van der Waals surface area (Å²) in [6.07, 6.45) is 7.91. The number of carbonyl (C=O) groups is 1. The third-order valence-electron chi connectivity index (χ3n) is 5.42. The number of benzene rings is 1. The van der Waals surface area contributed by atoms with Crippen molar-refractivity contribution in [1.29, 1.82) is 0 Å². The minimum Gasteiger partial charge on any atom is -0.495 e. The smallest absolute Gasteiger partial charge is 0.265 e. The van der Waals surface area contributed by atoms with Crippen LogP contribution in [-0.4, -0.2) is 42.7 Å². The van der Waals surface area contributed by atoms with Gasteiger partial charge >= 0.3 is 0 Å². The first-order chi connectivity index (χ1) is 14.9. The Balaban J connectivity index is 1.48. The molecule has 0 radical (unpaired) electrons. The zero-order valence-corrected chi connectivity index (χ0v) is 17.6. The van der Waals surface area contributed by atoms with Crippen molar-refractivity contribution in [3.05, 3.63) is 54.1 Å². The summed E-state index contributed by atoms with van der Waals surface area (Å²) in [6, 6.07) is 6.93. The molecule has 0 atom stereocenters. The summed E-state index contributed by atoms with van der Waals surface area (Å²) in [6.45, 7) is 0.519. The van der Waals surface area contributed by atoms with Crippen LogP contribution in [0.2, 0.25) is 0 Å². The lowest BCUT2D eigenvalue weighted by atomic mass is 10.1. The van der Waals surface area contributed by atoms with Gasteiger partial charge in [-0.2, -0.15) is 5.10 Å². The lowest BCUT2D eigenvalue weighted by molar-refractivity contribution is 0.0945. The molecule has 1 aliphatic carbocycles. The van der Waals surface area contributed by atoms with Gasteiger partial charge in [-0.25, -0.2) is 8.42 Å². The zero-order chi connectivity index (χ0) is 21.6. The normalized spacial score (nSPS) is 15.8. The number of fused-ring (bicyclic) bond motifs is 1. The number of methoxy groups -OCH3 is 1. The minimum absolute atomic E-state index is 0.00570. The fraction of sp³-hybridized carbons (Fsp3) is 0.286. The Kier molecular flexibility index (Phi) is 4.66. The Labute approximate surface area is 179 Å². The summed E-state index contributed by atoms with van der Waals surface area (Å²) in [7, 11) is -2.58. The van der Waals surface area contributed by atoms with E-state index >= 15 is 0 Å². The van der Waals surface area contributed by atoms with Crippen molar-refractivity contribution < 1.29 is 17.9 Å². The Bertz CT molecular complexity index is 1280.